The van der Waals surface area contributed by atoms with E-state index in [1.54, 1.807) is 0 Å². The Morgan fingerprint density at radius 3 is 2.25 bits per heavy atom. The topological polar surface area (TPSA) is 60.7 Å². The molecule has 3 heteroatoms. The van der Waals surface area contributed by atoms with Gasteiger partial charge in [0.05, 0.1) is 12.2 Å². The van der Waals surface area contributed by atoms with E-state index in [-0.39, 0.29) is 12.5 Å². The van der Waals surface area contributed by atoms with E-state index in [9.17, 15) is 10.2 Å². The van der Waals surface area contributed by atoms with Crippen molar-refractivity contribution in [3.05, 3.63) is 0 Å². The molecule has 12 heavy (non-hydrogen) atoms. The second-order valence-corrected chi connectivity index (χ2v) is 4.29. The second-order valence-electron chi connectivity index (χ2n) is 4.29. The van der Waals surface area contributed by atoms with Crippen LogP contribution in [0.1, 0.15) is 26.7 Å². The van der Waals surface area contributed by atoms with Gasteiger partial charge in [-0.25, -0.2) is 0 Å². The molecule has 0 heterocycles. The largest absolute Gasteiger partial charge is 0.396 e. The van der Waals surface area contributed by atoms with E-state index in [1.807, 2.05) is 13.8 Å². The van der Waals surface area contributed by atoms with Gasteiger partial charge in [0, 0.05) is 12.0 Å². The third-order valence-electron chi connectivity index (χ3n) is 3.09. The average molecular weight is 174 g/mol. The minimum absolute atomic E-state index is 0.0556. The Morgan fingerprint density at radius 1 is 1.33 bits per heavy atom. The summed E-state index contributed by atoms with van der Waals surface area (Å²) in [5.41, 5.74) is -0.417. The van der Waals surface area contributed by atoms with E-state index < -0.39 is 17.6 Å². The molecule has 0 saturated heterocycles. The van der Waals surface area contributed by atoms with Crippen LogP contribution in [-0.4, -0.2) is 34.1 Å². The van der Waals surface area contributed by atoms with Crippen LogP contribution in [0, 0.1) is 11.3 Å². The zero-order valence-corrected chi connectivity index (χ0v) is 7.70. The summed E-state index contributed by atoms with van der Waals surface area (Å²) in [6, 6.07) is 0. The Hall–Kier alpha value is -0.120. The number of rotatable bonds is 2. The van der Waals surface area contributed by atoms with Crippen molar-refractivity contribution in [2.24, 2.45) is 11.3 Å². The lowest BCUT2D eigenvalue weighted by Crippen LogP contribution is -2.34. The predicted molar refractivity (Wildman–Crippen MR) is 45.6 cm³/mol. The highest BCUT2D eigenvalue weighted by Gasteiger charge is 2.47. The van der Waals surface area contributed by atoms with Crippen LogP contribution in [0.4, 0.5) is 0 Å². The van der Waals surface area contributed by atoms with Crippen LogP contribution in [-0.2, 0) is 0 Å². The zero-order valence-electron chi connectivity index (χ0n) is 7.70. The molecule has 1 rings (SSSR count). The molecule has 1 fully saturated rings. The molecular weight excluding hydrogens is 156 g/mol. The Balaban J connectivity index is 2.63. The summed E-state index contributed by atoms with van der Waals surface area (Å²) in [7, 11) is 0. The standard InChI is InChI=1S/C9H18O3/c1-9(2)7(11)5-6(3-4-10)8(9)12/h6-8,10-12H,3-5H2,1-2H3/t6-,7-,8-/m0/s1. The summed E-state index contributed by atoms with van der Waals surface area (Å²) < 4.78 is 0. The molecule has 1 aliphatic rings. The molecule has 0 spiro atoms. The minimum atomic E-state index is -0.486. The van der Waals surface area contributed by atoms with Crippen molar-refractivity contribution in [1.82, 2.24) is 0 Å². The van der Waals surface area contributed by atoms with Crippen molar-refractivity contribution in [3.8, 4) is 0 Å². The summed E-state index contributed by atoms with van der Waals surface area (Å²) in [6.07, 6.45) is 0.264. The summed E-state index contributed by atoms with van der Waals surface area (Å²) in [5.74, 6) is 0.0556. The Bertz CT molecular complexity index is 156. The van der Waals surface area contributed by atoms with Gasteiger partial charge in [0.1, 0.15) is 0 Å². The maximum atomic E-state index is 9.75. The maximum Gasteiger partial charge on any atom is 0.0645 e. The van der Waals surface area contributed by atoms with Crippen molar-refractivity contribution in [3.63, 3.8) is 0 Å². The highest BCUT2D eigenvalue weighted by atomic mass is 16.3. The van der Waals surface area contributed by atoms with Gasteiger partial charge in [0.2, 0.25) is 0 Å². The first-order valence-electron chi connectivity index (χ1n) is 4.47. The molecule has 1 aliphatic carbocycles. The fourth-order valence-electron chi connectivity index (χ4n) is 1.97. The van der Waals surface area contributed by atoms with Gasteiger partial charge in [-0.15, -0.1) is 0 Å². The number of hydrogen-bond acceptors (Lipinski definition) is 3. The summed E-state index contributed by atoms with van der Waals surface area (Å²) >= 11 is 0. The third-order valence-corrected chi connectivity index (χ3v) is 3.09. The molecule has 0 aromatic heterocycles. The molecule has 3 atom stereocenters. The van der Waals surface area contributed by atoms with Crippen LogP contribution in [0.2, 0.25) is 0 Å². The van der Waals surface area contributed by atoms with Crippen molar-refractivity contribution < 1.29 is 15.3 Å². The highest BCUT2D eigenvalue weighted by Crippen LogP contribution is 2.42. The fraction of sp³-hybridized carbons (Fsp3) is 1.00. The van der Waals surface area contributed by atoms with E-state index >= 15 is 0 Å². The van der Waals surface area contributed by atoms with E-state index in [1.165, 1.54) is 0 Å². The van der Waals surface area contributed by atoms with Gasteiger partial charge >= 0.3 is 0 Å². The first-order valence-corrected chi connectivity index (χ1v) is 4.47. The molecular formula is C9H18O3. The summed E-state index contributed by atoms with van der Waals surface area (Å²) in [4.78, 5) is 0. The number of aliphatic hydroxyl groups excluding tert-OH is 3. The SMILES string of the molecule is CC1(C)[C@@H](O)C[C@H](CCO)[C@@H]1O. The Morgan fingerprint density at radius 2 is 1.92 bits per heavy atom. The molecule has 3 nitrogen and oxygen atoms in total. The van der Waals surface area contributed by atoms with E-state index in [0.29, 0.717) is 12.8 Å². The predicted octanol–water partition coefficient (Wildman–Crippen LogP) is 0.137. The van der Waals surface area contributed by atoms with E-state index in [0.717, 1.165) is 0 Å². The lowest BCUT2D eigenvalue weighted by molar-refractivity contribution is -0.00913. The molecule has 0 aliphatic heterocycles. The van der Waals surface area contributed by atoms with Gasteiger partial charge in [-0.3, -0.25) is 0 Å². The quantitative estimate of drug-likeness (QED) is 0.558. The second kappa shape index (κ2) is 3.32. The smallest absolute Gasteiger partial charge is 0.0645 e. The minimum Gasteiger partial charge on any atom is -0.396 e. The summed E-state index contributed by atoms with van der Waals surface area (Å²) in [5, 5.41) is 28.0. The fourth-order valence-corrected chi connectivity index (χ4v) is 1.97. The molecule has 3 N–H and O–H groups in total. The zero-order chi connectivity index (χ0) is 9.35. The molecule has 0 aromatic carbocycles. The van der Waals surface area contributed by atoms with Crippen LogP contribution in [0.15, 0.2) is 0 Å². The molecule has 1 saturated carbocycles. The van der Waals surface area contributed by atoms with Crippen LogP contribution >= 0.6 is 0 Å². The van der Waals surface area contributed by atoms with Crippen molar-refractivity contribution in [2.45, 2.75) is 38.9 Å². The van der Waals surface area contributed by atoms with Gasteiger partial charge < -0.3 is 15.3 Å². The first kappa shape index (κ1) is 9.96. The van der Waals surface area contributed by atoms with Crippen LogP contribution < -0.4 is 0 Å². The van der Waals surface area contributed by atoms with Crippen LogP contribution in [0.3, 0.4) is 0 Å². The van der Waals surface area contributed by atoms with Gasteiger partial charge in [-0.2, -0.15) is 0 Å². The maximum absolute atomic E-state index is 9.75. The number of aliphatic hydroxyl groups is 3. The van der Waals surface area contributed by atoms with Crippen molar-refractivity contribution >= 4 is 0 Å². The van der Waals surface area contributed by atoms with Crippen molar-refractivity contribution in [1.29, 1.82) is 0 Å². The van der Waals surface area contributed by atoms with Crippen LogP contribution in [0.5, 0.6) is 0 Å². The van der Waals surface area contributed by atoms with Gasteiger partial charge in [-0.1, -0.05) is 13.8 Å². The lowest BCUT2D eigenvalue weighted by Gasteiger charge is -2.27. The monoisotopic (exact) mass is 174 g/mol. The van der Waals surface area contributed by atoms with Gasteiger partial charge in [0.25, 0.3) is 0 Å². The first-order chi connectivity index (χ1) is 5.50. The van der Waals surface area contributed by atoms with Gasteiger partial charge in [-0.05, 0) is 18.8 Å². The molecule has 0 bridgehead atoms. The van der Waals surface area contributed by atoms with E-state index in [2.05, 4.69) is 0 Å². The molecule has 0 amide bonds. The van der Waals surface area contributed by atoms with Gasteiger partial charge in [0.15, 0.2) is 0 Å². The Labute approximate surface area is 73.0 Å². The normalized spacial score (nSPS) is 40.2. The average Bonchev–Trinajstić information content (AvgIpc) is 2.17. The van der Waals surface area contributed by atoms with Crippen molar-refractivity contribution in [2.75, 3.05) is 6.61 Å². The van der Waals surface area contributed by atoms with E-state index in [4.69, 9.17) is 5.11 Å². The summed E-state index contributed by atoms with van der Waals surface area (Å²) in [6.45, 7) is 3.81. The van der Waals surface area contributed by atoms with Crippen LogP contribution in [0.25, 0.3) is 0 Å². The third kappa shape index (κ3) is 1.49. The molecule has 0 radical (unpaired) electrons. The molecule has 0 aromatic rings. The lowest BCUT2D eigenvalue weighted by atomic mass is 9.85. The molecule has 72 valence electrons. The molecule has 0 unspecified atom stereocenters. The highest BCUT2D eigenvalue weighted by molar-refractivity contribution is 4.97. The number of hydrogen-bond donors (Lipinski definition) is 3. The Kier molecular flexibility index (Phi) is 2.76.